The molecular formula is C11H18N2O6. The van der Waals surface area contributed by atoms with E-state index in [1.54, 1.807) is 6.92 Å². The molecule has 2 atom stereocenters. The van der Waals surface area contributed by atoms with E-state index >= 15 is 0 Å². The second kappa shape index (κ2) is 6.37. The van der Waals surface area contributed by atoms with Crippen molar-refractivity contribution in [1.82, 2.24) is 10.6 Å². The number of aliphatic carboxylic acids is 2. The van der Waals surface area contributed by atoms with E-state index in [1.807, 2.05) is 0 Å². The van der Waals surface area contributed by atoms with Crippen molar-refractivity contribution in [2.24, 2.45) is 0 Å². The number of ether oxygens (including phenoxy) is 1. The van der Waals surface area contributed by atoms with Gasteiger partial charge in [-0.3, -0.25) is 4.79 Å². The van der Waals surface area contributed by atoms with E-state index in [0.717, 1.165) is 12.8 Å². The molecule has 0 aromatic heterocycles. The highest BCUT2D eigenvalue weighted by Crippen LogP contribution is 2.17. The molecule has 0 saturated carbocycles. The van der Waals surface area contributed by atoms with Gasteiger partial charge in [0.05, 0.1) is 18.6 Å². The Kier molecular flexibility index (Phi) is 5.11. The highest BCUT2D eigenvalue weighted by molar-refractivity contribution is 5.86. The summed E-state index contributed by atoms with van der Waals surface area (Å²) >= 11 is 0. The van der Waals surface area contributed by atoms with Gasteiger partial charge in [0.15, 0.2) is 0 Å². The third-order valence-electron chi connectivity index (χ3n) is 2.84. The molecule has 1 rings (SSSR count). The number of carboxylic acid groups (broad SMARTS) is 2. The zero-order valence-corrected chi connectivity index (χ0v) is 10.6. The van der Waals surface area contributed by atoms with Crippen molar-refractivity contribution >= 4 is 18.0 Å². The normalized spacial score (nSPS) is 24.3. The molecular weight excluding hydrogens is 256 g/mol. The second-order valence-electron chi connectivity index (χ2n) is 4.80. The van der Waals surface area contributed by atoms with Gasteiger partial charge in [-0.25, -0.2) is 9.59 Å². The molecule has 1 fully saturated rings. The minimum Gasteiger partial charge on any atom is -0.481 e. The van der Waals surface area contributed by atoms with Crippen LogP contribution in [0.25, 0.3) is 0 Å². The molecule has 108 valence electrons. The van der Waals surface area contributed by atoms with Gasteiger partial charge >= 0.3 is 18.0 Å². The fraction of sp³-hybridized carbons (Fsp3) is 0.727. The van der Waals surface area contributed by atoms with Crippen molar-refractivity contribution in [3.05, 3.63) is 0 Å². The van der Waals surface area contributed by atoms with Crippen LogP contribution in [-0.4, -0.2) is 53.0 Å². The zero-order valence-electron chi connectivity index (χ0n) is 10.6. The predicted molar refractivity (Wildman–Crippen MR) is 63.8 cm³/mol. The number of hydrogen-bond acceptors (Lipinski definition) is 4. The Balaban J connectivity index is 2.52. The van der Waals surface area contributed by atoms with Crippen molar-refractivity contribution in [3.8, 4) is 0 Å². The number of carboxylic acids is 2. The minimum absolute atomic E-state index is 0.344. The molecule has 0 aliphatic carbocycles. The van der Waals surface area contributed by atoms with Gasteiger partial charge in [0.25, 0.3) is 0 Å². The van der Waals surface area contributed by atoms with E-state index in [0.29, 0.717) is 13.2 Å². The highest BCUT2D eigenvalue weighted by Gasteiger charge is 2.31. The van der Waals surface area contributed by atoms with Gasteiger partial charge in [-0.1, -0.05) is 0 Å². The van der Waals surface area contributed by atoms with Crippen LogP contribution in [0.4, 0.5) is 4.79 Å². The summed E-state index contributed by atoms with van der Waals surface area (Å²) in [5, 5.41) is 22.1. The monoisotopic (exact) mass is 274 g/mol. The molecule has 1 aliphatic rings. The highest BCUT2D eigenvalue weighted by atomic mass is 16.5. The van der Waals surface area contributed by atoms with Gasteiger partial charge in [0.1, 0.15) is 6.04 Å². The lowest BCUT2D eigenvalue weighted by molar-refractivity contribution is -0.145. The van der Waals surface area contributed by atoms with E-state index in [2.05, 4.69) is 10.6 Å². The molecule has 0 bridgehead atoms. The molecule has 0 radical (unpaired) electrons. The number of urea groups is 1. The van der Waals surface area contributed by atoms with E-state index in [9.17, 15) is 14.4 Å². The van der Waals surface area contributed by atoms with Gasteiger partial charge in [-0.15, -0.1) is 0 Å². The van der Waals surface area contributed by atoms with Crippen molar-refractivity contribution in [3.63, 3.8) is 0 Å². The Hall–Kier alpha value is -1.83. The van der Waals surface area contributed by atoms with Crippen LogP contribution in [0.2, 0.25) is 0 Å². The standard InChI is InChI=1S/C11H18N2O6/c1-11(3-2-4-19-6-11)13-10(18)12-7(9(16)17)5-8(14)15/h7H,2-6H2,1H3,(H,14,15)(H,16,17)(H2,12,13,18)/t7-,11?/m1/s1. The fourth-order valence-corrected chi connectivity index (χ4v) is 1.88. The summed E-state index contributed by atoms with van der Waals surface area (Å²) in [7, 11) is 0. The molecule has 19 heavy (non-hydrogen) atoms. The Bertz CT molecular complexity index is 364. The third kappa shape index (κ3) is 5.12. The van der Waals surface area contributed by atoms with Crippen LogP contribution in [0.1, 0.15) is 26.2 Å². The van der Waals surface area contributed by atoms with E-state index in [-0.39, 0.29) is 0 Å². The van der Waals surface area contributed by atoms with Crippen molar-refractivity contribution in [1.29, 1.82) is 0 Å². The molecule has 8 nitrogen and oxygen atoms in total. The Labute approximate surface area is 110 Å². The average molecular weight is 274 g/mol. The molecule has 2 amide bonds. The number of hydrogen-bond donors (Lipinski definition) is 4. The van der Waals surface area contributed by atoms with Crippen LogP contribution in [0.5, 0.6) is 0 Å². The molecule has 1 aliphatic heterocycles. The summed E-state index contributed by atoms with van der Waals surface area (Å²) in [5.41, 5.74) is -0.561. The molecule has 0 aromatic carbocycles. The summed E-state index contributed by atoms with van der Waals surface area (Å²) in [6.45, 7) is 2.77. The number of nitrogens with one attached hydrogen (secondary N) is 2. The lowest BCUT2D eigenvalue weighted by atomic mass is 9.95. The lowest BCUT2D eigenvalue weighted by Gasteiger charge is -2.34. The Morgan fingerprint density at radius 1 is 1.37 bits per heavy atom. The van der Waals surface area contributed by atoms with Crippen LogP contribution in [-0.2, 0) is 14.3 Å². The smallest absolute Gasteiger partial charge is 0.326 e. The van der Waals surface area contributed by atoms with Crippen LogP contribution in [0.15, 0.2) is 0 Å². The van der Waals surface area contributed by atoms with Crippen LogP contribution < -0.4 is 10.6 Å². The maximum atomic E-state index is 11.7. The van der Waals surface area contributed by atoms with Gasteiger partial charge < -0.3 is 25.6 Å². The van der Waals surface area contributed by atoms with Crippen LogP contribution >= 0.6 is 0 Å². The first kappa shape index (κ1) is 15.2. The van der Waals surface area contributed by atoms with Gasteiger partial charge in [0, 0.05) is 6.61 Å². The van der Waals surface area contributed by atoms with Crippen LogP contribution in [0, 0.1) is 0 Å². The average Bonchev–Trinajstić information content (AvgIpc) is 2.27. The molecule has 0 aromatic rings. The first-order valence-corrected chi connectivity index (χ1v) is 5.93. The minimum atomic E-state index is -1.45. The number of carbonyl (C=O) groups excluding carboxylic acids is 1. The first-order chi connectivity index (χ1) is 8.82. The Morgan fingerprint density at radius 3 is 2.53 bits per heavy atom. The summed E-state index contributed by atoms with van der Waals surface area (Å²) < 4.78 is 5.25. The summed E-state index contributed by atoms with van der Waals surface area (Å²) in [6.07, 6.45) is 0.849. The number of carbonyl (C=O) groups is 3. The van der Waals surface area contributed by atoms with Crippen molar-refractivity contribution < 1.29 is 29.3 Å². The predicted octanol–water partition coefficient (Wildman–Crippen LogP) is -0.217. The molecule has 8 heteroatoms. The van der Waals surface area contributed by atoms with Crippen molar-refractivity contribution in [2.75, 3.05) is 13.2 Å². The lowest BCUT2D eigenvalue weighted by Crippen LogP contribution is -2.57. The summed E-state index contributed by atoms with van der Waals surface area (Å²) in [5.74, 6) is -2.68. The zero-order chi connectivity index (χ0) is 14.5. The molecule has 0 spiro atoms. The maximum absolute atomic E-state index is 11.7. The second-order valence-corrected chi connectivity index (χ2v) is 4.80. The first-order valence-electron chi connectivity index (χ1n) is 5.93. The molecule has 1 unspecified atom stereocenters. The van der Waals surface area contributed by atoms with Gasteiger partial charge in [0.2, 0.25) is 0 Å². The topological polar surface area (TPSA) is 125 Å². The molecule has 1 saturated heterocycles. The molecule has 4 N–H and O–H groups in total. The van der Waals surface area contributed by atoms with Gasteiger partial charge in [-0.05, 0) is 19.8 Å². The third-order valence-corrected chi connectivity index (χ3v) is 2.84. The summed E-state index contributed by atoms with van der Waals surface area (Å²) in [6, 6.07) is -2.16. The van der Waals surface area contributed by atoms with E-state index < -0.39 is 36.0 Å². The maximum Gasteiger partial charge on any atom is 0.326 e. The van der Waals surface area contributed by atoms with Crippen molar-refractivity contribution in [2.45, 2.75) is 37.8 Å². The van der Waals surface area contributed by atoms with Gasteiger partial charge in [-0.2, -0.15) is 0 Å². The number of rotatable bonds is 5. The Morgan fingerprint density at radius 2 is 2.05 bits per heavy atom. The van der Waals surface area contributed by atoms with E-state index in [4.69, 9.17) is 14.9 Å². The van der Waals surface area contributed by atoms with Crippen LogP contribution in [0.3, 0.4) is 0 Å². The largest absolute Gasteiger partial charge is 0.481 e. The van der Waals surface area contributed by atoms with E-state index in [1.165, 1.54) is 0 Å². The summed E-state index contributed by atoms with van der Waals surface area (Å²) in [4.78, 5) is 33.0. The molecule has 1 heterocycles. The quantitative estimate of drug-likeness (QED) is 0.549. The number of amides is 2. The SMILES string of the molecule is CC1(NC(=O)N[C@H](CC(=O)O)C(=O)O)CCCOC1. The fourth-order valence-electron chi connectivity index (χ4n) is 1.88.